The number of ether oxygens (including phenoxy) is 1. The molecule has 0 radical (unpaired) electrons. The number of hydrogen-bond donors (Lipinski definition) is 1. The van der Waals surface area contributed by atoms with Crippen molar-refractivity contribution < 1.29 is 13.5 Å². The van der Waals surface area contributed by atoms with Gasteiger partial charge in [0, 0.05) is 25.3 Å². The van der Waals surface area contributed by atoms with Gasteiger partial charge in [0.2, 0.25) is 0 Å². The molecule has 0 fully saturated rings. The molecule has 4 nitrogen and oxygen atoms in total. The van der Waals surface area contributed by atoms with Gasteiger partial charge in [0.1, 0.15) is 6.61 Å². The Morgan fingerprint density at radius 3 is 2.65 bits per heavy atom. The van der Waals surface area contributed by atoms with Crippen LogP contribution in [-0.2, 0) is 11.2 Å². The molecule has 0 aliphatic carbocycles. The Bertz CT molecular complexity index is 367. The third kappa shape index (κ3) is 5.96. The number of nitrogens with zero attached hydrogens (tertiary/aromatic N) is 2. The van der Waals surface area contributed by atoms with E-state index in [0.29, 0.717) is 18.9 Å². The lowest BCUT2D eigenvalue weighted by molar-refractivity contribution is 0.0152. The minimum atomic E-state index is -2.41. The average Bonchev–Trinajstić information content (AvgIpc) is 2.84. The molecule has 1 rings (SSSR count). The topological polar surface area (TPSA) is 53.1 Å². The Morgan fingerprint density at radius 1 is 1.35 bits per heavy atom. The van der Waals surface area contributed by atoms with E-state index in [0.717, 1.165) is 18.5 Å². The van der Waals surface area contributed by atoms with E-state index in [-0.39, 0.29) is 12.6 Å². The summed E-state index contributed by atoms with van der Waals surface area (Å²) in [5.74, 6) is 0. The van der Waals surface area contributed by atoms with Crippen LogP contribution in [0.4, 0.5) is 8.78 Å². The highest BCUT2D eigenvalue weighted by molar-refractivity contribution is 5.02. The summed E-state index contributed by atoms with van der Waals surface area (Å²) in [6.45, 7) is 4.03. The van der Waals surface area contributed by atoms with Gasteiger partial charge < -0.3 is 10.5 Å². The predicted molar refractivity (Wildman–Crippen MR) is 75.0 cm³/mol. The zero-order chi connectivity index (χ0) is 15.0. The SMILES string of the molecule is CCC(CC)n1ccc(CC(N)CCOCC(F)F)n1. The van der Waals surface area contributed by atoms with Crippen molar-refractivity contribution in [3.8, 4) is 0 Å². The molecule has 0 saturated heterocycles. The molecule has 0 aliphatic rings. The van der Waals surface area contributed by atoms with Crippen LogP contribution in [0.1, 0.15) is 44.8 Å². The first-order chi connectivity index (χ1) is 9.56. The van der Waals surface area contributed by atoms with Crippen LogP contribution in [0.25, 0.3) is 0 Å². The Labute approximate surface area is 119 Å². The molecule has 1 aromatic rings. The van der Waals surface area contributed by atoms with Crippen LogP contribution in [-0.4, -0.2) is 35.5 Å². The van der Waals surface area contributed by atoms with E-state index < -0.39 is 13.0 Å². The van der Waals surface area contributed by atoms with Gasteiger partial charge in [-0.05, 0) is 25.3 Å². The van der Waals surface area contributed by atoms with E-state index in [4.69, 9.17) is 10.5 Å². The first-order valence-corrected chi connectivity index (χ1v) is 7.22. The Kier molecular flexibility index (Phi) is 7.69. The molecule has 2 N–H and O–H groups in total. The summed E-state index contributed by atoms with van der Waals surface area (Å²) in [6, 6.07) is 2.28. The lowest BCUT2D eigenvalue weighted by atomic mass is 10.1. The standard InChI is InChI=1S/C14H25F2N3O/c1-3-13(4-2)19-7-5-12(18-19)9-11(17)6-8-20-10-14(15)16/h5,7,11,13-14H,3-4,6,8-10,17H2,1-2H3. The predicted octanol–water partition coefficient (Wildman–Crippen LogP) is 2.79. The Hall–Kier alpha value is -1.01. The van der Waals surface area contributed by atoms with E-state index >= 15 is 0 Å². The van der Waals surface area contributed by atoms with Gasteiger partial charge in [-0.2, -0.15) is 5.10 Å². The van der Waals surface area contributed by atoms with Gasteiger partial charge in [0.15, 0.2) is 0 Å². The van der Waals surface area contributed by atoms with Crippen LogP contribution in [0.2, 0.25) is 0 Å². The highest BCUT2D eigenvalue weighted by Gasteiger charge is 2.11. The van der Waals surface area contributed by atoms with Crippen LogP contribution >= 0.6 is 0 Å². The maximum Gasteiger partial charge on any atom is 0.261 e. The van der Waals surface area contributed by atoms with Crippen molar-refractivity contribution in [3.05, 3.63) is 18.0 Å². The van der Waals surface area contributed by atoms with E-state index in [1.54, 1.807) is 0 Å². The molecule has 6 heteroatoms. The van der Waals surface area contributed by atoms with E-state index in [9.17, 15) is 8.78 Å². The fourth-order valence-corrected chi connectivity index (χ4v) is 2.13. The highest BCUT2D eigenvalue weighted by Crippen LogP contribution is 2.15. The monoisotopic (exact) mass is 289 g/mol. The Balaban J connectivity index is 2.33. The van der Waals surface area contributed by atoms with Gasteiger partial charge in [0.05, 0.1) is 11.7 Å². The third-order valence-corrected chi connectivity index (χ3v) is 3.33. The maximum atomic E-state index is 11.9. The van der Waals surface area contributed by atoms with Crippen LogP contribution in [0, 0.1) is 0 Å². The van der Waals surface area contributed by atoms with Crippen LogP contribution in [0.3, 0.4) is 0 Å². The summed E-state index contributed by atoms with van der Waals surface area (Å²) in [5.41, 5.74) is 6.90. The summed E-state index contributed by atoms with van der Waals surface area (Å²) in [5, 5.41) is 4.52. The fraction of sp³-hybridized carbons (Fsp3) is 0.786. The minimum Gasteiger partial charge on any atom is -0.375 e. The van der Waals surface area contributed by atoms with E-state index in [2.05, 4.69) is 18.9 Å². The first kappa shape index (κ1) is 17.0. The quantitative estimate of drug-likeness (QED) is 0.674. The molecule has 116 valence electrons. The molecule has 1 heterocycles. The molecule has 20 heavy (non-hydrogen) atoms. The molecule has 1 atom stereocenters. The zero-order valence-corrected chi connectivity index (χ0v) is 12.3. The van der Waals surface area contributed by atoms with Gasteiger partial charge in [-0.25, -0.2) is 8.78 Å². The third-order valence-electron chi connectivity index (χ3n) is 3.33. The number of rotatable bonds is 10. The van der Waals surface area contributed by atoms with Crippen LogP contribution in [0.15, 0.2) is 12.3 Å². The molecular formula is C14H25F2N3O. The fourth-order valence-electron chi connectivity index (χ4n) is 2.13. The number of nitrogens with two attached hydrogens (primary N) is 1. The largest absolute Gasteiger partial charge is 0.375 e. The van der Waals surface area contributed by atoms with Crippen molar-refractivity contribution >= 4 is 0 Å². The molecule has 0 saturated carbocycles. The highest BCUT2D eigenvalue weighted by atomic mass is 19.3. The lowest BCUT2D eigenvalue weighted by Gasteiger charge is -2.13. The molecule has 0 bridgehead atoms. The van der Waals surface area contributed by atoms with Gasteiger partial charge in [-0.15, -0.1) is 0 Å². The first-order valence-electron chi connectivity index (χ1n) is 7.22. The summed E-state index contributed by atoms with van der Waals surface area (Å²) in [7, 11) is 0. The minimum absolute atomic E-state index is 0.113. The maximum absolute atomic E-state index is 11.9. The number of halogens is 2. The normalized spacial score (nSPS) is 13.3. The van der Waals surface area contributed by atoms with Gasteiger partial charge in [0.25, 0.3) is 6.43 Å². The van der Waals surface area contributed by atoms with Crippen molar-refractivity contribution in [2.45, 2.75) is 58.0 Å². The Morgan fingerprint density at radius 2 is 2.05 bits per heavy atom. The molecular weight excluding hydrogens is 264 g/mol. The second kappa shape index (κ2) is 9.02. The van der Waals surface area contributed by atoms with Crippen molar-refractivity contribution in [2.24, 2.45) is 5.73 Å². The summed E-state index contributed by atoms with van der Waals surface area (Å²) in [6.07, 6.45) is 2.86. The van der Waals surface area contributed by atoms with E-state index in [1.165, 1.54) is 0 Å². The number of aromatic nitrogens is 2. The smallest absolute Gasteiger partial charge is 0.261 e. The van der Waals surface area contributed by atoms with Gasteiger partial charge in [-0.3, -0.25) is 4.68 Å². The molecule has 1 aromatic heterocycles. The second-order valence-corrected chi connectivity index (χ2v) is 4.98. The second-order valence-electron chi connectivity index (χ2n) is 4.98. The zero-order valence-electron chi connectivity index (χ0n) is 12.3. The van der Waals surface area contributed by atoms with Crippen molar-refractivity contribution in [1.82, 2.24) is 9.78 Å². The van der Waals surface area contributed by atoms with Gasteiger partial charge >= 0.3 is 0 Å². The molecule has 0 aromatic carbocycles. The van der Waals surface area contributed by atoms with E-state index in [1.807, 2.05) is 16.9 Å². The van der Waals surface area contributed by atoms with Crippen molar-refractivity contribution in [2.75, 3.05) is 13.2 Å². The molecule has 0 spiro atoms. The van der Waals surface area contributed by atoms with Crippen LogP contribution < -0.4 is 5.73 Å². The summed E-state index contributed by atoms with van der Waals surface area (Å²) < 4.78 is 30.6. The molecule has 1 unspecified atom stereocenters. The lowest BCUT2D eigenvalue weighted by Crippen LogP contribution is -2.25. The summed E-state index contributed by atoms with van der Waals surface area (Å²) in [4.78, 5) is 0. The average molecular weight is 289 g/mol. The van der Waals surface area contributed by atoms with Crippen molar-refractivity contribution in [1.29, 1.82) is 0 Å². The number of alkyl halides is 2. The summed E-state index contributed by atoms with van der Waals surface area (Å²) >= 11 is 0. The molecule has 0 amide bonds. The molecule has 0 aliphatic heterocycles. The number of hydrogen-bond acceptors (Lipinski definition) is 3. The van der Waals surface area contributed by atoms with Crippen LogP contribution in [0.5, 0.6) is 0 Å². The van der Waals surface area contributed by atoms with Crippen molar-refractivity contribution in [3.63, 3.8) is 0 Å². The van der Waals surface area contributed by atoms with Gasteiger partial charge in [-0.1, -0.05) is 13.8 Å².